The highest BCUT2D eigenvalue weighted by Gasteiger charge is 2.23. The molecule has 0 aliphatic rings. The van der Waals surface area contributed by atoms with Gasteiger partial charge < -0.3 is 28.8 Å². The number of hydrogen-bond donors (Lipinski definition) is 2. The molecule has 63 heavy (non-hydrogen) atoms. The highest BCUT2D eigenvalue weighted by Crippen LogP contribution is 2.38. The minimum Gasteiger partial charge on any atom is -0.756 e. The van der Waals surface area contributed by atoms with Crippen molar-refractivity contribution in [2.45, 2.75) is 264 Å². The summed E-state index contributed by atoms with van der Waals surface area (Å²) in [5, 5.41) is 13.8. The third kappa shape index (κ3) is 48.5. The van der Waals surface area contributed by atoms with Crippen LogP contribution >= 0.6 is 7.82 Å². The van der Waals surface area contributed by atoms with Crippen molar-refractivity contribution in [3.63, 3.8) is 0 Å². The van der Waals surface area contributed by atoms with Gasteiger partial charge in [-0.2, -0.15) is 0 Å². The molecule has 3 atom stereocenters. The number of phosphoric ester groups is 1. The Morgan fingerprint density at radius 1 is 0.556 bits per heavy atom. The molecule has 1 amide bonds. The Kier molecular flexibility index (Phi) is 44.9. The van der Waals surface area contributed by atoms with Crippen molar-refractivity contribution >= 4 is 13.7 Å². The van der Waals surface area contributed by atoms with Gasteiger partial charge in [-0.25, -0.2) is 0 Å². The molecule has 372 valence electrons. The van der Waals surface area contributed by atoms with Gasteiger partial charge in [0, 0.05) is 6.42 Å². The van der Waals surface area contributed by atoms with Crippen molar-refractivity contribution in [1.29, 1.82) is 0 Å². The monoisotopic (exact) mass is 909 g/mol. The van der Waals surface area contributed by atoms with Crippen LogP contribution in [0.5, 0.6) is 0 Å². The lowest BCUT2D eigenvalue weighted by Crippen LogP contribution is -2.45. The lowest BCUT2D eigenvalue weighted by Gasteiger charge is -2.29. The number of amides is 1. The predicted molar refractivity (Wildman–Crippen MR) is 270 cm³/mol. The van der Waals surface area contributed by atoms with Crippen LogP contribution in [0.1, 0.15) is 251 Å². The molecule has 0 fully saturated rings. The molecule has 0 bridgehead atoms. The Hall–Kier alpha value is -1.28. The molecule has 0 heterocycles. The van der Waals surface area contributed by atoms with Gasteiger partial charge in [0.2, 0.25) is 5.91 Å². The fourth-order valence-electron chi connectivity index (χ4n) is 7.83. The second-order valence-electron chi connectivity index (χ2n) is 19.6. The van der Waals surface area contributed by atoms with Gasteiger partial charge in [0.15, 0.2) is 0 Å². The van der Waals surface area contributed by atoms with Gasteiger partial charge in [0.25, 0.3) is 7.82 Å². The maximum absolute atomic E-state index is 12.9. The van der Waals surface area contributed by atoms with Crippen LogP contribution in [-0.4, -0.2) is 68.5 Å². The molecule has 0 aromatic heterocycles. The van der Waals surface area contributed by atoms with E-state index >= 15 is 0 Å². The van der Waals surface area contributed by atoms with E-state index in [1.165, 1.54) is 186 Å². The summed E-state index contributed by atoms with van der Waals surface area (Å²) in [6.07, 6.45) is 57.7. The average Bonchev–Trinajstić information content (AvgIpc) is 3.24. The summed E-state index contributed by atoms with van der Waals surface area (Å²) in [6.45, 7) is 4.66. The summed E-state index contributed by atoms with van der Waals surface area (Å²) in [4.78, 5) is 25.4. The van der Waals surface area contributed by atoms with Crippen molar-refractivity contribution in [2.75, 3.05) is 40.9 Å². The van der Waals surface area contributed by atoms with Crippen LogP contribution in [0, 0.1) is 0 Å². The van der Waals surface area contributed by atoms with E-state index in [-0.39, 0.29) is 19.1 Å². The molecule has 0 rings (SSSR count). The zero-order valence-corrected chi connectivity index (χ0v) is 43.2. The molecule has 0 spiro atoms. The molecule has 8 nitrogen and oxygen atoms in total. The topological polar surface area (TPSA) is 108 Å². The molecule has 0 aliphatic heterocycles. The van der Waals surface area contributed by atoms with E-state index in [9.17, 15) is 19.4 Å². The van der Waals surface area contributed by atoms with Crippen LogP contribution in [0.2, 0.25) is 0 Å². The second-order valence-corrected chi connectivity index (χ2v) is 21.0. The lowest BCUT2D eigenvalue weighted by molar-refractivity contribution is -0.870. The van der Waals surface area contributed by atoms with E-state index < -0.39 is 20.0 Å². The minimum atomic E-state index is -4.59. The van der Waals surface area contributed by atoms with Crippen LogP contribution in [0.25, 0.3) is 0 Å². The summed E-state index contributed by atoms with van der Waals surface area (Å²) >= 11 is 0. The zero-order chi connectivity index (χ0) is 46.4. The molecule has 0 aliphatic carbocycles. The number of allylic oxidation sites excluding steroid dienone is 5. The van der Waals surface area contributed by atoms with Gasteiger partial charge in [-0.3, -0.25) is 9.36 Å². The Morgan fingerprint density at radius 3 is 1.32 bits per heavy atom. The maximum atomic E-state index is 12.9. The van der Waals surface area contributed by atoms with Crippen LogP contribution < -0.4 is 10.2 Å². The smallest absolute Gasteiger partial charge is 0.268 e. The van der Waals surface area contributed by atoms with Gasteiger partial charge in [-0.05, 0) is 51.4 Å². The quantitative estimate of drug-likeness (QED) is 0.0272. The number of hydrogen-bond acceptors (Lipinski definition) is 6. The van der Waals surface area contributed by atoms with E-state index in [1.807, 2.05) is 27.2 Å². The first kappa shape index (κ1) is 61.7. The molecule has 0 radical (unpaired) electrons. The SMILES string of the molecule is CCCCCCCCCCC/C=C\C/C=C\CCCCCCCCCCCC(=O)NC(COP(=O)([O-])OCC[N+](C)(C)C)C(O)/C=C/CCCCCCCCCCCCCCCC. The van der Waals surface area contributed by atoms with Gasteiger partial charge in [-0.1, -0.05) is 230 Å². The molecule has 3 unspecified atom stereocenters. The first-order valence-electron chi connectivity index (χ1n) is 26.9. The number of carbonyl (C=O) groups is 1. The highest BCUT2D eigenvalue weighted by atomic mass is 31.2. The predicted octanol–water partition coefficient (Wildman–Crippen LogP) is 15.2. The normalized spacial score (nSPS) is 14.3. The number of likely N-dealkylation sites (N-methyl/N-ethyl adjacent to an activating group) is 1. The van der Waals surface area contributed by atoms with Gasteiger partial charge in [0.05, 0.1) is 39.9 Å². The summed E-state index contributed by atoms with van der Waals surface area (Å²) in [5.41, 5.74) is 0. The molecule has 0 aromatic carbocycles. The number of unbranched alkanes of at least 4 members (excludes halogenated alkanes) is 32. The average molecular weight is 909 g/mol. The Balaban J connectivity index is 4.24. The van der Waals surface area contributed by atoms with Gasteiger partial charge in [-0.15, -0.1) is 0 Å². The molecular formula is C54H105N2O6P. The van der Waals surface area contributed by atoms with Gasteiger partial charge >= 0.3 is 0 Å². The number of aliphatic hydroxyl groups is 1. The summed E-state index contributed by atoms with van der Waals surface area (Å²) in [5.74, 6) is -0.200. The number of phosphoric acid groups is 1. The van der Waals surface area contributed by atoms with Crippen LogP contribution in [-0.2, 0) is 18.4 Å². The highest BCUT2D eigenvalue weighted by molar-refractivity contribution is 7.45. The third-order valence-electron chi connectivity index (χ3n) is 12.1. The van der Waals surface area contributed by atoms with E-state index in [4.69, 9.17) is 9.05 Å². The molecule has 0 saturated heterocycles. The minimum absolute atomic E-state index is 0.00168. The first-order chi connectivity index (χ1) is 30.5. The zero-order valence-electron chi connectivity index (χ0n) is 42.3. The number of nitrogens with one attached hydrogen (secondary N) is 1. The molecule has 0 aromatic rings. The van der Waals surface area contributed by atoms with E-state index in [1.54, 1.807) is 6.08 Å². The molecule has 9 heteroatoms. The number of aliphatic hydroxyl groups excluding tert-OH is 1. The van der Waals surface area contributed by atoms with Crippen LogP contribution in [0.4, 0.5) is 0 Å². The second kappa shape index (κ2) is 45.9. The van der Waals surface area contributed by atoms with E-state index in [2.05, 4.69) is 43.5 Å². The van der Waals surface area contributed by atoms with Crippen molar-refractivity contribution in [1.82, 2.24) is 5.32 Å². The Labute approximate surface area is 391 Å². The molecule has 2 N–H and O–H groups in total. The van der Waals surface area contributed by atoms with Crippen molar-refractivity contribution in [3.8, 4) is 0 Å². The Morgan fingerprint density at radius 2 is 0.921 bits per heavy atom. The van der Waals surface area contributed by atoms with Gasteiger partial charge in [0.1, 0.15) is 13.2 Å². The number of quaternary nitrogens is 1. The maximum Gasteiger partial charge on any atom is 0.268 e. The fraction of sp³-hybridized carbons (Fsp3) is 0.870. The summed E-state index contributed by atoms with van der Waals surface area (Å²) in [6, 6.07) is -0.888. The number of rotatable bonds is 49. The third-order valence-corrected chi connectivity index (χ3v) is 13.1. The molecular weight excluding hydrogens is 804 g/mol. The fourth-order valence-corrected chi connectivity index (χ4v) is 8.55. The van der Waals surface area contributed by atoms with E-state index in [0.717, 1.165) is 44.9 Å². The van der Waals surface area contributed by atoms with Crippen molar-refractivity contribution in [3.05, 3.63) is 36.5 Å². The number of nitrogens with zero attached hydrogens (tertiary/aromatic N) is 1. The lowest BCUT2D eigenvalue weighted by atomic mass is 10.0. The first-order valence-corrected chi connectivity index (χ1v) is 28.3. The van der Waals surface area contributed by atoms with Crippen molar-refractivity contribution in [2.24, 2.45) is 0 Å². The number of carbonyl (C=O) groups excluding carboxylic acids is 1. The standard InChI is InChI=1S/C54H105N2O6P/c1-6-8-10-12-14-16-18-20-22-24-25-26-27-28-29-30-31-32-34-36-38-40-42-44-46-48-54(58)55-52(51-62-63(59,60)61-50-49-56(3,4)5)53(57)47-45-43-41-39-37-35-33-23-21-19-17-15-13-11-9-7-2/h25-26,28-29,45,47,52-53,57H,6-24,27,30-44,46,48-51H2,1-5H3,(H-,55,58,59,60)/b26-25-,29-28-,47-45+. The van der Waals surface area contributed by atoms with E-state index in [0.29, 0.717) is 17.4 Å². The van der Waals surface area contributed by atoms with Crippen molar-refractivity contribution < 1.29 is 32.9 Å². The van der Waals surface area contributed by atoms with Crippen LogP contribution in [0.3, 0.4) is 0 Å². The van der Waals surface area contributed by atoms with Crippen LogP contribution in [0.15, 0.2) is 36.5 Å². The summed E-state index contributed by atoms with van der Waals surface area (Å²) < 4.78 is 23.3. The summed E-state index contributed by atoms with van der Waals surface area (Å²) in [7, 11) is 1.26. The molecule has 0 saturated carbocycles. The Bertz CT molecular complexity index is 1120. The largest absolute Gasteiger partial charge is 0.756 e.